The number of anilines is 1. The van der Waals surface area contributed by atoms with Crippen LogP contribution in [0.15, 0.2) is 24.3 Å². The van der Waals surface area contributed by atoms with E-state index in [0.717, 1.165) is 31.5 Å². The number of urea groups is 1. The number of benzene rings is 1. The number of carbonyl (C=O) groups is 2. The molecule has 2 saturated heterocycles. The van der Waals surface area contributed by atoms with Gasteiger partial charge < -0.3 is 19.9 Å². The fraction of sp³-hybridized carbons (Fsp3) is 0.636. The third-order valence-electron chi connectivity index (χ3n) is 5.67. The number of ether oxygens (including phenoxy) is 1. The molecule has 154 valence electrons. The van der Waals surface area contributed by atoms with Crippen molar-refractivity contribution in [3.05, 3.63) is 29.8 Å². The van der Waals surface area contributed by atoms with Crippen molar-refractivity contribution in [1.82, 2.24) is 9.80 Å². The number of hydrogen-bond donors (Lipinski definition) is 1. The highest BCUT2D eigenvalue weighted by Crippen LogP contribution is 2.24. The molecule has 28 heavy (non-hydrogen) atoms. The lowest BCUT2D eigenvalue weighted by Gasteiger charge is -2.28. The van der Waals surface area contributed by atoms with Gasteiger partial charge in [0.25, 0.3) is 0 Å². The van der Waals surface area contributed by atoms with Gasteiger partial charge in [0.15, 0.2) is 0 Å². The zero-order valence-electron chi connectivity index (χ0n) is 17.4. The van der Waals surface area contributed by atoms with Gasteiger partial charge in [-0.15, -0.1) is 0 Å². The van der Waals surface area contributed by atoms with Gasteiger partial charge in [0.1, 0.15) is 0 Å². The summed E-state index contributed by atoms with van der Waals surface area (Å²) in [7, 11) is 0. The van der Waals surface area contributed by atoms with Gasteiger partial charge in [0.2, 0.25) is 5.91 Å². The monoisotopic (exact) mass is 387 g/mol. The van der Waals surface area contributed by atoms with Crippen LogP contribution in [0.25, 0.3) is 0 Å². The lowest BCUT2D eigenvalue weighted by Crippen LogP contribution is -2.42. The minimum atomic E-state index is -0.0936. The zero-order chi connectivity index (χ0) is 20.1. The molecule has 2 aliphatic heterocycles. The predicted octanol–water partition coefficient (Wildman–Crippen LogP) is 3.48. The maximum atomic E-state index is 12.7. The molecular formula is C22H33N3O3. The molecule has 2 fully saturated rings. The molecule has 0 aliphatic carbocycles. The SMILES string of the molecule is CC(C)(C)c1ccc(NC(=O)N2CCCN(C(=O)C3CCOCC3)CC2)cc1. The van der Waals surface area contributed by atoms with Gasteiger partial charge in [-0.2, -0.15) is 0 Å². The topological polar surface area (TPSA) is 61.9 Å². The number of nitrogens with one attached hydrogen (secondary N) is 1. The van der Waals surface area contributed by atoms with E-state index in [1.807, 2.05) is 21.9 Å². The minimum absolute atomic E-state index is 0.0791. The molecule has 0 bridgehead atoms. The minimum Gasteiger partial charge on any atom is -0.381 e. The quantitative estimate of drug-likeness (QED) is 0.845. The molecular weight excluding hydrogens is 354 g/mol. The van der Waals surface area contributed by atoms with E-state index in [1.165, 1.54) is 5.56 Å². The lowest BCUT2D eigenvalue weighted by molar-refractivity contribution is -0.138. The highest BCUT2D eigenvalue weighted by Gasteiger charge is 2.28. The van der Waals surface area contributed by atoms with Gasteiger partial charge in [0.05, 0.1) is 0 Å². The molecule has 0 aromatic heterocycles. The first-order valence-corrected chi connectivity index (χ1v) is 10.4. The van der Waals surface area contributed by atoms with Crippen LogP contribution in [0.1, 0.15) is 45.6 Å². The van der Waals surface area contributed by atoms with Crippen LogP contribution in [0.5, 0.6) is 0 Å². The van der Waals surface area contributed by atoms with E-state index in [1.54, 1.807) is 0 Å². The third-order valence-corrected chi connectivity index (χ3v) is 5.67. The van der Waals surface area contributed by atoms with Crippen LogP contribution in [0, 0.1) is 5.92 Å². The van der Waals surface area contributed by atoms with E-state index in [0.29, 0.717) is 32.8 Å². The van der Waals surface area contributed by atoms with Crippen molar-refractivity contribution < 1.29 is 14.3 Å². The van der Waals surface area contributed by atoms with Gasteiger partial charge in [-0.25, -0.2) is 4.79 Å². The van der Waals surface area contributed by atoms with E-state index in [9.17, 15) is 9.59 Å². The second-order valence-corrected chi connectivity index (χ2v) is 8.81. The number of carbonyl (C=O) groups excluding carboxylic acids is 2. The van der Waals surface area contributed by atoms with Crippen LogP contribution in [-0.4, -0.2) is 61.1 Å². The Morgan fingerprint density at radius 3 is 2.21 bits per heavy atom. The molecule has 0 spiro atoms. The van der Waals surface area contributed by atoms with E-state index in [4.69, 9.17) is 4.74 Å². The first-order chi connectivity index (χ1) is 13.3. The van der Waals surface area contributed by atoms with E-state index < -0.39 is 0 Å². The number of hydrogen-bond acceptors (Lipinski definition) is 3. The average Bonchev–Trinajstić information content (AvgIpc) is 2.94. The molecule has 0 atom stereocenters. The van der Waals surface area contributed by atoms with Crippen LogP contribution in [0.3, 0.4) is 0 Å². The van der Waals surface area contributed by atoms with Crippen molar-refractivity contribution >= 4 is 17.6 Å². The Bertz CT molecular complexity index is 675. The van der Waals surface area contributed by atoms with Gasteiger partial charge >= 0.3 is 6.03 Å². The van der Waals surface area contributed by atoms with Crippen molar-refractivity contribution in [1.29, 1.82) is 0 Å². The van der Waals surface area contributed by atoms with E-state index in [-0.39, 0.29) is 23.3 Å². The normalized spacial score (nSPS) is 19.2. The maximum Gasteiger partial charge on any atom is 0.321 e. The van der Waals surface area contributed by atoms with Crippen LogP contribution in [-0.2, 0) is 14.9 Å². The summed E-state index contributed by atoms with van der Waals surface area (Å²) in [5.74, 6) is 0.304. The summed E-state index contributed by atoms with van der Waals surface area (Å²) < 4.78 is 5.36. The summed E-state index contributed by atoms with van der Waals surface area (Å²) in [6.45, 7) is 10.4. The fourth-order valence-corrected chi connectivity index (χ4v) is 3.80. The van der Waals surface area contributed by atoms with E-state index in [2.05, 4.69) is 38.2 Å². The van der Waals surface area contributed by atoms with Crippen molar-refractivity contribution in [3.63, 3.8) is 0 Å². The predicted molar refractivity (Wildman–Crippen MR) is 110 cm³/mol. The second kappa shape index (κ2) is 8.95. The molecule has 3 rings (SSSR count). The molecule has 0 unspecified atom stereocenters. The van der Waals surface area contributed by atoms with Gasteiger partial charge in [-0.05, 0) is 42.4 Å². The highest BCUT2D eigenvalue weighted by atomic mass is 16.5. The largest absolute Gasteiger partial charge is 0.381 e. The second-order valence-electron chi connectivity index (χ2n) is 8.81. The van der Waals surface area contributed by atoms with Crippen molar-refractivity contribution in [2.45, 2.75) is 45.4 Å². The number of nitrogens with zero attached hydrogens (tertiary/aromatic N) is 2. The Morgan fingerprint density at radius 1 is 0.964 bits per heavy atom. The fourth-order valence-electron chi connectivity index (χ4n) is 3.80. The van der Waals surface area contributed by atoms with Gasteiger partial charge in [-0.3, -0.25) is 4.79 Å². The van der Waals surface area contributed by atoms with Crippen LogP contribution < -0.4 is 5.32 Å². The molecule has 3 amide bonds. The Balaban J connectivity index is 1.53. The molecule has 6 heteroatoms. The van der Waals surface area contributed by atoms with Crippen molar-refractivity contribution in [3.8, 4) is 0 Å². The first kappa shape index (κ1) is 20.6. The summed E-state index contributed by atoms with van der Waals surface area (Å²) in [6, 6.07) is 7.94. The average molecular weight is 388 g/mol. The standard InChI is InChI=1S/C22H33N3O3/c1-22(2,3)18-5-7-19(8-6-18)23-21(27)25-12-4-11-24(13-14-25)20(26)17-9-15-28-16-10-17/h5-8,17H,4,9-16H2,1-3H3,(H,23,27). The van der Waals surface area contributed by atoms with Crippen LogP contribution in [0.2, 0.25) is 0 Å². The Morgan fingerprint density at radius 2 is 1.57 bits per heavy atom. The van der Waals surface area contributed by atoms with E-state index >= 15 is 0 Å². The summed E-state index contributed by atoms with van der Waals surface area (Å²) in [4.78, 5) is 29.2. The van der Waals surface area contributed by atoms with Crippen molar-refractivity contribution in [2.24, 2.45) is 5.92 Å². The maximum absolute atomic E-state index is 12.7. The lowest BCUT2D eigenvalue weighted by atomic mass is 9.87. The molecule has 0 radical (unpaired) electrons. The summed E-state index contributed by atoms with van der Waals surface area (Å²) in [5, 5.41) is 2.99. The number of rotatable bonds is 2. The Labute approximate surface area is 168 Å². The smallest absolute Gasteiger partial charge is 0.321 e. The summed E-state index contributed by atoms with van der Waals surface area (Å²) in [5.41, 5.74) is 2.13. The molecule has 1 aromatic carbocycles. The molecule has 2 aliphatic rings. The molecule has 2 heterocycles. The molecule has 6 nitrogen and oxygen atoms in total. The van der Waals surface area contributed by atoms with Gasteiger partial charge in [-0.1, -0.05) is 32.9 Å². The summed E-state index contributed by atoms with van der Waals surface area (Å²) >= 11 is 0. The Hall–Kier alpha value is -2.08. The first-order valence-electron chi connectivity index (χ1n) is 10.4. The molecule has 0 saturated carbocycles. The highest BCUT2D eigenvalue weighted by molar-refractivity contribution is 5.89. The van der Waals surface area contributed by atoms with Crippen molar-refractivity contribution in [2.75, 3.05) is 44.7 Å². The van der Waals surface area contributed by atoms with Crippen LogP contribution in [0.4, 0.5) is 10.5 Å². The van der Waals surface area contributed by atoms with Crippen LogP contribution >= 0.6 is 0 Å². The molecule has 1 N–H and O–H groups in total. The number of amides is 3. The molecule has 1 aromatic rings. The third kappa shape index (κ3) is 5.25. The zero-order valence-corrected chi connectivity index (χ0v) is 17.4. The Kier molecular flexibility index (Phi) is 6.60. The van der Waals surface area contributed by atoms with Gasteiger partial charge in [0, 0.05) is 51.0 Å². The summed E-state index contributed by atoms with van der Waals surface area (Å²) in [6.07, 6.45) is 2.43.